The van der Waals surface area contributed by atoms with E-state index in [1.807, 2.05) is 19.1 Å². The van der Waals surface area contributed by atoms with Crippen LogP contribution in [-0.2, 0) is 21.2 Å². The third-order valence-electron chi connectivity index (χ3n) is 3.67. The second-order valence-electron chi connectivity index (χ2n) is 5.38. The van der Waals surface area contributed by atoms with E-state index in [4.69, 9.17) is 0 Å². The smallest absolute Gasteiger partial charge is 0.262 e. The Balaban J connectivity index is 1.84. The number of rotatable bonds is 3. The summed E-state index contributed by atoms with van der Waals surface area (Å²) in [6.07, 6.45) is -0.417. The lowest BCUT2D eigenvalue weighted by Gasteiger charge is -2.27. The molecule has 1 heterocycles. The molecule has 0 bridgehead atoms. The van der Waals surface area contributed by atoms with Gasteiger partial charge in [0.05, 0.1) is 5.69 Å². The van der Waals surface area contributed by atoms with E-state index in [-0.39, 0.29) is 10.6 Å². The van der Waals surface area contributed by atoms with Crippen molar-refractivity contribution in [3.05, 3.63) is 53.8 Å². The molecule has 3 N–H and O–H groups in total. The number of carbonyl (C=O) groups is 1. The molecule has 0 saturated carbocycles. The molecule has 0 radical (unpaired) electrons. The Bertz CT molecular complexity index is 899. The standard InChI is InChI=1S/C16H16FN3O3S/c1-2-10-4-3-5-12(8-10)18-16(21)15-19-13-9-11(17)6-7-14(13)24(22,23)20-15/h3-9,15,19-20H,2H2,1H3,(H,18,21)/t15-/m0/s1. The fraction of sp³-hybridized carbons (Fsp3) is 0.188. The average Bonchev–Trinajstić information content (AvgIpc) is 2.53. The quantitative estimate of drug-likeness (QED) is 0.791. The largest absolute Gasteiger partial charge is 0.360 e. The Labute approximate surface area is 139 Å². The number of carbonyl (C=O) groups excluding carboxylic acids is 1. The van der Waals surface area contributed by atoms with Crippen LogP contribution in [0.5, 0.6) is 0 Å². The van der Waals surface area contributed by atoms with Crippen LogP contribution in [0, 0.1) is 5.82 Å². The Morgan fingerprint density at radius 1 is 1.25 bits per heavy atom. The minimum absolute atomic E-state index is 0.0520. The number of aryl methyl sites for hydroxylation is 1. The van der Waals surface area contributed by atoms with Crippen LogP contribution in [0.2, 0.25) is 0 Å². The number of nitrogens with one attached hydrogen (secondary N) is 3. The van der Waals surface area contributed by atoms with Gasteiger partial charge in [-0.1, -0.05) is 19.1 Å². The van der Waals surface area contributed by atoms with Gasteiger partial charge >= 0.3 is 0 Å². The van der Waals surface area contributed by atoms with Crippen LogP contribution in [0.25, 0.3) is 0 Å². The highest BCUT2D eigenvalue weighted by Gasteiger charge is 2.33. The van der Waals surface area contributed by atoms with Gasteiger partial charge in [0.2, 0.25) is 10.0 Å². The van der Waals surface area contributed by atoms with E-state index < -0.39 is 27.9 Å². The van der Waals surface area contributed by atoms with Gasteiger partial charge in [0.25, 0.3) is 5.91 Å². The number of hydrogen-bond acceptors (Lipinski definition) is 4. The number of sulfonamides is 1. The average molecular weight is 349 g/mol. The third-order valence-corrected chi connectivity index (χ3v) is 5.15. The Kier molecular flexibility index (Phi) is 4.25. The molecule has 6 nitrogen and oxygen atoms in total. The monoisotopic (exact) mass is 349 g/mol. The van der Waals surface area contributed by atoms with Gasteiger partial charge in [-0.05, 0) is 42.3 Å². The number of amides is 1. The second kappa shape index (κ2) is 6.21. The molecule has 1 aliphatic heterocycles. The topological polar surface area (TPSA) is 87.3 Å². The lowest BCUT2D eigenvalue weighted by atomic mass is 10.1. The zero-order valence-corrected chi connectivity index (χ0v) is 13.7. The zero-order chi connectivity index (χ0) is 17.3. The lowest BCUT2D eigenvalue weighted by molar-refractivity contribution is -0.117. The van der Waals surface area contributed by atoms with Crippen molar-refractivity contribution in [2.75, 3.05) is 10.6 Å². The maximum Gasteiger partial charge on any atom is 0.262 e. The van der Waals surface area contributed by atoms with Gasteiger partial charge in [-0.15, -0.1) is 0 Å². The molecule has 0 fully saturated rings. The van der Waals surface area contributed by atoms with Crippen LogP contribution in [0.15, 0.2) is 47.4 Å². The van der Waals surface area contributed by atoms with Crippen LogP contribution in [-0.4, -0.2) is 20.5 Å². The van der Waals surface area contributed by atoms with Gasteiger partial charge in [-0.3, -0.25) is 4.79 Å². The van der Waals surface area contributed by atoms with E-state index in [9.17, 15) is 17.6 Å². The Hall–Kier alpha value is -2.45. The van der Waals surface area contributed by atoms with Crippen molar-refractivity contribution in [3.8, 4) is 0 Å². The molecule has 24 heavy (non-hydrogen) atoms. The molecule has 0 saturated heterocycles. The fourth-order valence-electron chi connectivity index (χ4n) is 2.46. The summed E-state index contributed by atoms with van der Waals surface area (Å²) >= 11 is 0. The number of anilines is 2. The Morgan fingerprint density at radius 2 is 2.04 bits per heavy atom. The second-order valence-corrected chi connectivity index (χ2v) is 7.06. The van der Waals surface area contributed by atoms with E-state index in [1.165, 1.54) is 0 Å². The first-order valence-corrected chi connectivity index (χ1v) is 8.85. The molecule has 1 atom stereocenters. The third kappa shape index (κ3) is 3.24. The first-order valence-electron chi connectivity index (χ1n) is 7.37. The lowest BCUT2D eigenvalue weighted by Crippen LogP contribution is -2.51. The van der Waals surface area contributed by atoms with Crippen molar-refractivity contribution in [1.29, 1.82) is 0 Å². The molecule has 0 aromatic heterocycles. The molecular formula is C16H16FN3O3S. The van der Waals surface area contributed by atoms with Crippen molar-refractivity contribution < 1.29 is 17.6 Å². The molecule has 1 amide bonds. The minimum atomic E-state index is -3.90. The van der Waals surface area contributed by atoms with E-state index >= 15 is 0 Å². The summed E-state index contributed by atoms with van der Waals surface area (Å²) in [5.41, 5.74) is 1.65. The van der Waals surface area contributed by atoms with Crippen molar-refractivity contribution in [2.24, 2.45) is 0 Å². The number of hydrogen-bond donors (Lipinski definition) is 3. The first-order chi connectivity index (χ1) is 11.4. The fourth-order valence-corrected chi connectivity index (χ4v) is 3.71. The van der Waals surface area contributed by atoms with Gasteiger partial charge in [-0.25, -0.2) is 12.8 Å². The van der Waals surface area contributed by atoms with Crippen molar-refractivity contribution in [1.82, 2.24) is 4.72 Å². The predicted octanol–water partition coefficient (Wildman–Crippen LogP) is 2.06. The summed E-state index contributed by atoms with van der Waals surface area (Å²) in [7, 11) is -3.90. The summed E-state index contributed by atoms with van der Waals surface area (Å²) in [6, 6.07) is 10.5. The maximum atomic E-state index is 13.3. The normalized spacial score (nSPS) is 18.3. The molecule has 2 aromatic carbocycles. The van der Waals surface area contributed by atoms with Gasteiger partial charge in [0, 0.05) is 5.69 Å². The Morgan fingerprint density at radius 3 is 2.79 bits per heavy atom. The van der Waals surface area contributed by atoms with E-state index in [0.717, 1.165) is 30.2 Å². The van der Waals surface area contributed by atoms with E-state index in [0.29, 0.717) is 5.69 Å². The van der Waals surface area contributed by atoms with Crippen molar-refractivity contribution in [3.63, 3.8) is 0 Å². The minimum Gasteiger partial charge on any atom is -0.360 e. The molecule has 0 unspecified atom stereocenters. The summed E-state index contributed by atoms with van der Waals surface area (Å²) in [4.78, 5) is 12.3. The van der Waals surface area contributed by atoms with Gasteiger partial charge in [0.15, 0.2) is 6.17 Å². The molecule has 0 aliphatic carbocycles. The molecule has 126 valence electrons. The summed E-state index contributed by atoms with van der Waals surface area (Å²) in [5.74, 6) is -1.17. The van der Waals surface area contributed by atoms with Gasteiger partial charge < -0.3 is 10.6 Å². The molecule has 8 heteroatoms. The van der Waals surface area contributed by atoms with Crippen LogP contribution in [0.1, 0.15) is 12.5 Å². The number of halogens is 1. The van der Waals surface area contributed by atoms with E-state index in [1.54, 1.807) is 12.1 Å². The summed E-state index contributed by atoms with van der Waals surface area (Å²) in [6.45, 7) is 1.99. The van der Waals surface area contributed by atoms with Crippen LogP contribution in [0.3, 0.4) is 0 Å². The van der Waals surface area contributed by atoms with E-state index in [2.05, 4.69) is 15.4 Å². The van der Waals surface area contributed by atoms with Crippen LogP contribution < -0.4 is 15.4 Å². The molecule has 3 rings (SSSR count). The highest BCUT2D eigenvalue weighted by atomic mass is 32.2. The van der Waals surface area contributed by atoms with Gasteiger partial charge in [0.1, 0.15) is 10.7 Å². The summed E-state index contributed by atoms with van der Waals surface area (Å²) < 4.78 is 40.0. The first kappa shape index (κ1) is 16.4. The zero-order valence-electron chi connectivity index (χ0n) is 12.8. The molecule has 2 aromatic rings. The predicted molar refractivity (Wildman–Crippen MR) is 88.6 cm³/mol. The van der Waals surface area contributed by atoms with Crippen LogP contribution >= 0.6 is 0 Å². The van der Waals surface area contributed by atoms with Gasteiger partial charge in [-0.2, -0.15) is 4.72 Å². The maximum absolute atomic E-state index is 13.3. The number of benzene rings is 2. The SMILES string of the molecule is CCc1cccc(NC(=O)[C@H]2Nc3cc(F)ccc3S(=O)(=O)N2)c1. The van der Waals surface area contributed by atoms with Crippen molar-refractivity contribution in [2.45, 2.75) is 24.4 Å². The molecular weight excluding hydrogens is 333 g/mol. The highest BCUT2D eigenvalue weighted by Crippen LogP contribution is 2.27. The summed E-state index contributed by atoms with van der Waals surface area (Å²) in [5, 5.41) is 5.35. The van der Waals surface area contributed by atoms with Crippen molar-refractivity contribution >= 4 is 27.3 Å². The molecule has 0 spiro atoms. The number of fused-ring (bicyclic) bond motifs is 1. The molecule has 1 aliphatic rings. The highest BCUT2D eigenvalue weighted by molar-refractivity contribution is 7.89. The van der Waals surface area contributed by atoms with Crippen LogP contribution in [0.4, 0.5) is 15.8 Å².